The van der Waals surface area contributed by atoms with Crippen molar-refractivity contribution in [1.29, 1.82) is 0 Å². The second-order valence-corrected chi connectivity index (χ2v) is 7.64. The monoisotopic (exact) mass is 448 g/mol. The molecule has 168 valence electrons. The van der Waals surface area contributed by atoms with E-state index < -0.39 is 5.82 Å². The minimum absolute atomic E-state index is 0.215. The molecular formula is C22H21FN8O2. The van der Waals surface area contributed by atoms with Crippen LogP contribution in [-0.4, -0.2) is 42.7 Å². The molecule has 0 bridgehead atoms. The Labute approximate surface area is 187 Å². The maximum absolute atomic E-state index is 14.7. The quantitative estimate of drug-likeness (QED) is 0.405. The number of aryl methyl sites for hydroxylation is 1. The summed E-state index contributed by atoms with van der Waals surface area (Å²) in [6.07, 6.45) is 5.50. The molecule has 10 nitrogen and oxygen atoms in total. The van der Waals surface area contributed by atoms with Gasteiger partial charge in [0.15, 0.2) is 0 Å². The van der Waals surface area contributed by atoms with Crippen LogP contribution in [-0.2, 0) is 20.0 Å². The normalized spacial score (nSPS) is 11.4. The number of furan rings is 1. The summed E-state index contributed by atoms with van der Waals surface area (Å²) in [6.45, 7) is 0.867. The first-order valence-corrected chi connectivity index (χ1v) is 10.3. The van der Waals surface area contributed by atoms with E-state index in [0.717, 1.165) is 5.76 Å². The Morgan fingerprint density at radius 3 is 2.85 bits per heavy atom. The Morgan fingerprint density at radius 1 is 1.15 bits per heavy atom. The molecule has 0 amide bonds. The van der Waals surface area contributed by atoms with Crippen molar-refractivity contribution >= 4 is 28.3 Å². The van der Waals surface area contributed by atoms with Gasteiger partial charge < -0.3 is 19.2 Å². The van der Waals surface area contributed by atoms with Crippen LogP contribution in [0.1, 0.15) is 11.6 Å². The second-order valence-electron chi connectivity index (χ2n) is 7.64. The molecule has 5 rings (SSSR count). The van der Waals surface area contributed by atoms with Crippen molar-refractivity contribution in [1.82, 2.24) is 29.1 Å². The van der Waals surface area contributed by atoms with Crippen LogP contribution in [0, 0.1) is 5.82 Å². The summed E-state index contributed by atoms with van der Waals surface area (Å²) in [5.41, 5.74) is 0.549. The highest BCUT2D eigenvalue weighted by Gasteiger charge is 2.17. The second kappa shape index (κ2) is 8.34. The Bertz CT molecular complexity index is 1490. The molecule has 0 atom stereocenters. The van der Waals surface area contributed by atoms with Crippen LogP contribution >= 0.6 is 0 Å². The van der Waals surface area contributed by atoms with E-state index in [1.165, 1.54) is 10.6 Å². The summed E-state index contributed by atoms with van der Waals surface area (Å²) in [7, 11) is 3.49. The molecule has 5 aromatic rings. The van der Waals surface area contributed by atoms with Crippen molar-refractivity contribution in [3.05, 3.63) is 76.7 Å². The topological polar surface area (TPSA) is 106 Å². The Balaban J connectivity index is 1.40. The summed E-state index contributed by atoms with van der Waals surface area (Å²) in [5.74, 6) is 1.79. The van der Waals surface area contributed by atoms with Gasteiger partial charge in [0.1, 0.15) is 23.2 Å². The maximum Gasteiger partial charge on any atom is 0.295 e. The number of rotatable bonds is 7. The van der Waals surface area contributed by atoms with Crippen molar-refractivity contribution in [3.63, 3.8) is 0 Å². The Hall–Kier alpha value is -4.28. The van der Waals surface area contributed by atoms with Crippen LogP contribution in [0.15, 0.2) is 58.2 Å². The lowest BCUT2D eigenvalue weighted by atomic mass is 10.2. The zero-order chi connectivity index (χ0) is 22.9. The molecule has 0 saturated carbocycles. The molecule has 1 aromatic carbocycles. The van der Waals surface area contributed by atoms with E-state index in [1.807, 2.05) is 18.0 Å². The fraction of sp³-hybridized carbons (Fsp3) is 0.227. The van der Waals surface area contributed by atoms with Crippen LogP contribution in [0.4, 0.5) is 16.2 Å². The molecule has 0 radical (unpaired) electrons. The molecule has 33 heavy (non-hydrogen) atoms. The van der Waals surface area contributed by atoms with Gasteiger partial charge in [-0.15, -0.1) is 10.2 Å². The van der Waals surface area contributed by atoms with E-state index in [2.05, 4.69) is 25.5 Å². The van der Waals surface area contributed by atoms with E-state index >= 15 is 0 Å². The van der Waals surface area contributed by atoms with Gasteiger partial charge in [0.25, 0.3) is 5.56 Å². The average Bonchev–Trinajstić information content (AvgIpc) is 3.46. The first-order valence-electron chi connectivity index (χ1n) is 10.3. The van der Waals surface area contributed by atoms with Gasteiger partial charge in [0.2, 0.25) is 11.6 Å². The molecule has 0 aliphatic heterocycles. The molecule has 1 N–H and O–H groups in total. The van der Waals surface area contributed by atoms with Gasteiger partial charge in [0.05, 0.1) is 23.7 Å². The van der Waals surface area contributed by atoms with Crippen molar-refractivity contribution in [2.24, 2.45) is 7.05 Å². The van der Waals surface area contributed by atoms with E-state index in [9.17, 15) is 9.18 Å². The minimum atomic E-state index is -0.392. The van der Waals surface area contributed by atoms with Crippen LogP contribution in [0.2, 0.25) is 0 Å². The molecule has 0 aliphatic rings. The van der Waals surface area contributed by atoms with Crippen LogP contribution in [0.3, 0.4) is 0 Å². The van der Waals surface area contributed by atoms with E-state index in [1.54, 1.807) is 48.3 Å². The summed E-state index contributed by atoms with van der Waals surface area (Å²) in [4.78, 5) is 23.0. The fourth-order valence-electron chi connectivity index (χ4n) is 3.66. The van der Waals surface area contributed by atoms with Crippen molar-refractivity contribution in [3.8, 4) is 0 Å². The summed E-state index contributed by atoms with van der Waals surface area (Å²) < 4.78 is 23.2. The third kappa shape index (κ3) is 3.88. The molecule has 0 fully saturated rings. The summed E-state index contributed by atoms with van der Waals surface area (Å²) >= 11 is 0. The third-order valence-electron chi connectivity index (χ3n) is 5.34. The molecule has 4 heterocycles. The van der Waals surface area contributed by atoms with Gasteiger partial charge in [-0.25, -0.2) is 9.37 Å². The van der Waals surface area contributed by atoms with Crippen molar-refractivity contribution in [2.75, 3.05) is 23.8 Å². The first-order chi connectivity index (χ1) is 16.0. The third-order valence-corrected chi connectivity index (χ3v) is 5.34. The molecule has 0 saturated heterocycles. The van der Waals surface area contributed by atoms with E-state index in [4.69, 9.17) is 4.42 Å². The summed E-state index contributed by atoms with van der Waals surface area (Å²) in [5, 5.41) is 11.6. The van der Waals surface area contributed by atoms with Crippen molar-refractivity contribution < 1.29 is 8.81 Å². The first kappa shape index (κ1) is 20.6. The smallest absolute Gasteiger partial charge is 0.295 e. The van der Waals surface area contributed by atoms with Gasteiger partial charge in [-0.1, -0.05) is 6.07 Å². The van der Waals surface area contributed by atoms with Gasteiger partial charge in [-0.05, 0) is 24.3 Å². The van der Waals surface area contributed by atoms with E-state index in [0.29, 0.717) is 48.0 Å². The predicted molar refractivity (Wildman–Crippen MR) is 121 cm³/mol. The number of hydrogen-bond donors (Lipinski definition) is 1. The Kier molecular flexibility index (Phi) is 5.21. The Morgan fingerprint density at radius 2 is 2.03 bits per heavy atom. The number of hydrogen-bond acceptors (Lipinski definition) is 8. The number of aromatic nitrogens is 6. The van der Waals surface area contributed by atoms with Gasteiger partial charge in [-0.3, -0.25) is 9.20 Å². The van der Waals surface area contributed by atoms with E-state index in [-0.39, 0.29) is 11.2 Å². The average molecular weight is 448 g/mol. The van der Waals surface area contributed by atoms with Gasteiger partial charge in [-0.2, -0.15) is 4.98 Å². The van der Waals surface area contributed by atoms with Crippen LogP contribution in [0.25, 0.3) is 16.6 Å². The zero-order valence-corrected chi connectivity index (χ0v) is 18.1. The number of benzene rings is 1. The lowest BCUT2D eigenvalue weighted by molar-refractivity contribution is 0.507. The molecule has 0 aliphatic carbocycles. The zero-order valence-electron chi connectivity index (χ0n) is 18.1. The predicted octanol–water partition coefficient (Wildman–Crippen LogP) is 2.39. The maximum atomic E-state index is 14.7. The molecular weight excluding hydrogens is 427 g/mol. The number of fused-ring (bicyclic) bond motifs is 2. The highest BCUT2D eigenvalue weighted by atomic mass is 19.1. The van der Waals surface area contributed by atoms with Gasteiger partial charge >= 0.3 is 0 Å². The summed E-state index contributed by atoms with van der Waals surface area (Å²) in [6, 6.07) is 8.42. The van der Waals surface area contributed by atoms with Crippen LogP contribution < -0.4 is 15.8 Å². The largest absolute Gasteiger partial charge is 0.467 e. The molecule has 0 spiro atoms. The van der Waals surface area contributed by atoms with Gasteiger partial charge in [0, 0.05) is 39.5 Å². The number of halogens is 1. The highest BCUT2D eigenvalue weighted by Crippen LogP contribution is 2.28. The highest BCUT2D eigenvalue weighted by molar-refractivity contribution is 5.91. The lowest BCUT2D eigenvalue weighted by Crippen LogP contribution is -2.20. The van der Waals surface area contributed by atoms with Crippen molar-refractivity contribution in [2.45, 2.75) is 13.0 Å². The lowest BCUT2D eigenvalue weighted by Gasteiger charge is -2.20. The standard InChI is InChI=1S/C22H21FN8O2/c1-29-10-11-31-17(27-28-20(31)21(29)32)8-9-24-22-25-16-7-3-6-15(23)18(16)19(26-22)30(2)13-14-5-4-12-33-14/h3-7,10-12H,8-9,13H2,1-2H3,(H,24,25,26). The molecule has 11 heteroatoms. The number of anilines is 2. The minimum Gasteiger partial charge on any atom is -0.467 e. The molecule has 4 aromatic heterocycles. The number of nitrogens with zero attached hydrogens (tertiary/aromatic N) is 7. The SMILES string of the molecule is CN(Cc1ccco1)c1nc(NCCc2nnc3c(=O)n(C)ccn23)nc2cccc(F)c12. The number of nitrogens with one attached hydrogen (secondary N) is 1. The van der Waals surface area contributed by atoms with Crippen LogP contribution in [0.5, 0.6) is 0 Å². The molecule has 0 unspecified atom stereocenters. The fourth-order valence-corrected chi connectivity index (χ4v) is 3.66.